The summed E-state index contributed by atoms with van der Waals surface area (Å²) in [5.41, 5.74) is 0.992. The van der Waals surface area contributed by atoms with E-state index in [4.69, 9.17) is 4.74 Å². The highest BCUT2D eigenvalue weighted by Crippen LogP contribution is 2.38. The minimum Gasteiger partial charge on any atom is -0.481 e. The first-order valence-electron chi connectivity index (χ1n) is 8.65. The summed E-state index contributed by atoms with van der Waals surface area (Å²) in [6, 6.07) is 3.72. The van der Waals surface area contributed by atoms with E-state index in [1.54, 1.807) is 13.3 Å². The number of amides is 1. The second-order valence-corrected chi connectivity index (χ2v) is 6.84. The van der Waals surface area contributed by atoms with Gasteiger partial charge in [0.05, 0.1) is 19.3 Å². The lowest BCUT2D eigenvalue weighted by Crippen LogP contribution is -2.43. The quantitative estimate of drug-likeness (QED) is 0.875. The van der Waals surface area contributed by atoms with Crippen molar-refractivity contribution >= 4 is 5.91 Å². The van der Waals surface area contributed by atoms with Crippen molar-refractivity contribution in [2.45, 2.75) is 57.1 Å². The highest BCUT2D eigenvalue weighted by atomic mass is 16.5. The minimum atomic E-state index is -0.236. The van der Waals surface area contributed by atoms with Gasteiger partial charge in [0, 0.05) is 18.2 Å². The van der Waals surface area contributed by atoms with Crippen LogP contribution in [-0.2, 0) is 4.79 Å². The Morgan fingerprint density at radius 3 is 2.61 bits per heavy atom. The van der Waals surface area contributed by atoms with Gasteiger partial charge in [0.2, 0.25) is 11.8 Å². The summed E-state index contributed by atoms with van der Waals surface area (Å²) in [7, 11) is 1.59. The van der Waals surface area contributed by atoms with Crippen LogP contribution in [0.25, 0.3) is 0 Å². The number of carbonyl (C=O) groups is 1. The Morgan fingerprint density at radius 1 is 1.30 bits per heavy atom. The molecule has 23 heavy (non-hydrogen) atoms. The second kappa shape index (κ2) is 7.30. The lowest BCUT2D eigenvalue weighted by Gasteiger charge is -2.39. The van der Waals surface area contributed by atoms with Gasteiger partial charge in [-0.15, -0.1) is 0 Å². The van der Waals surface area contributed by atoms with Gasteiger partial charge in [-0.1, -0.05) is 25.3 Å². The van der Waals surface area contributed by atoms with Gasteiger partial charge in [-0.25, -0.2) is 4.98 Å². The molecule has 0 aromatic carbocycles. The maximum Gasteiger partial charge on any atom is 0.223 e. The number of hydrogen-bond acceptors (Lipinski definition) is 4. The van der Waals surface area contributed by atoms with Gasteiger partial charge in [0.15, 0.2) is 0 Å². The van der Waals surface area contributed by atoms with Crippen LogP contribution in [0.5, 0.6) is 5.88 Å². The number of hydrogen-bond donors (Lipinski definition) is 2. The molecule has 1 atom stereocenters. The Labute approximate surface area is 137 Å². The molecule has 0 bridgehead atoms. The zero-order valence-electron chi connectivity index (χ0n) is 13.7. The van der Waals surface area contributed by atoms with Crippen molar-refractivity contribution in [2.24, 2.45) is 11.8 Å². The van der Waals surface area contributed by atoms with E-state index in [9.17, 15) is 9.90 Å². The van der Waals surface area contributed by atoms with Crippen molar-refractivity contribution in [2.75, 3.05) is 7.11 Å². The number of rotatable bonds is 5. The summed E-state index contributed by atoms with van der Waals surface area (Å²) >= 11 is 0. The molecule has 1 aromatic heterocycles. The van der Waals surface area contributed by atoms with E-state index < -0.39 is 0 Å². The Balaban J connectivity index is 1.71. The zero-order chi connectivity index (χ0) is 16.2. The lowest BCUT2D eigenvalue weighted by molar-refractivity contribution is -0.127. The van der Waals surface area contributed by atoms with Crippen molar-refractivity contribution in [3.8, 4) is 5.88 Å². The normalized spacial score (nSPS) is 26.2. The van der Waals surface area contributed by atoms with E-state index in [1.807, 2.05) is 12.1 Å². The molecule has 0 radical (unpaired) electrons. The van der Waals surface area contributed by atoms with Crippen LogP contribution in [0, 0.1) is 11.8 Å². The topological polar surface area (TPSA) is 71.5 Å². The molecule has 0 saturated heterocycles. The van der Waals surface area contributed by atoms with Gasteiger partial charge in [-0.05, 0) is 37.2 Å². The van der Waals surface area contributed by atoms with Gasteiger partial charge < -0.3 is 15.2 Å². The van der Waals surface area contributed by atoms with E-state index in [-0.39, 0.29) is 29.9 Å². The molecule has 2 saturated carbocycles. The van der Waals surface area contributed by atoms with E-state index >= 15 is 0 Å². The zero-order valence-corrected chi connectivity index (χ0v) is 13.7. The van der Waals surface area contributed by atoms with Crippen LogP contribution in [0.2, 0.25) is 0 Å². The van der Waals surface area contributed by atoms with Crippen molar-refractivity contribution in [3.63, 3.8) is 0 Å². The highest BCUT2D eigenvalue weighted by molar-refractivity contribution is 5.79. The number of ether oxygens (including phenoxy) is 1. The molecule has 0 spiro atoms. The number of pyridine rings is 1. The van der Waals surface area contributed by atoms with Crippen molar-refractivity contribution < 1.29 is 14.6 Å². The fourth-order valence-electron chi connectivity index (χ4n) is 3.71. The lowest BCUT2D eigenvalue weighted by atomic mass is 9.75. The van der Waals surface area contributed by atoms with Crippen LogP contribution in [-0.4, -0.2) is 29.2 Å². The summed E-state index contributed by atoms with van der Waals surface area (Å²) in [5.74, 6) is 1.15. The van der Waals surface area contributed by atoms with Crippen LogP contribution in [0.1, 0.15) is 56.6 Å². The average Bonchev–Trinajstić information content (AvgIpc) is 2.58. The van der Waals surface area contributed by atoms with Crippen LogP contribution in [0.3, 0.4) is 0 Å². The first kappa shape index (κ1) is 16.2. The standard InChI is InChI=1S/C18H26N2O3/c1-23-16-8-7-13(11-19-16)17(14-9-15(21)10-14)20-18(22)12-5-3-2-4-6-12/h7-8,11-12,14-15,17,21H,2-6,9-10H2,1H3,(H,20,22)/t14?,15?,17-/m1/s1. The van der Waals surface area contributed by atoms with Crippen LogP contribution in [0.4, 0.5) is 0 Å². The molecule has 2 N–H and O–H groups in total. The molecule has 1 aromatic rings. The molecule has 2 fully saturated rings. The molecule has 5 heteroatoms. The third-order valence-corrected chi connectivity index (χ3v) is 5.22. The monoisotopic (exact) mass is 318 g/mol. The maximum absolute atomic E-state index is 12.6. The molecule has 0 unspecified atom stereocenters. The fraction of sp³-hybridized carbons (Fsp3) is 0.667. The SMILES string of the molecule is COc1ccc([C@@H](NC(=O)C2CCCCC2)C2CC(O)C2)cn1. The number of aliphatic hydroxyl groups excluding tert-OH is 1. The summed E-state index contributed by atoms with van der Waals surface area (Å²) in [4.78, 5) is 16.9. The Kier molecular flexibility index (Phi) is 5.16. The molecule has 1 heterocycles. The van der Waals surface area contributed by atoms with E-state index in [1.165, 1.54) is 6.42 Å². The molecule has 2 aliphatic rings. The second-order valence-electron chi connectivity index (χ2n) is 6.84. The molecular formula is C18H26N2O3. The van der Waals surface area contributed by atoms with Crippen LogP contribution < -0.4 is 10.1 Å². The molecular weight excluding hydrogens is 292 g/mol. The number of nitrogens with one attached hydrogen (secondary N) is 1. The third-order valence-electron chi connectivity index (χ3n) is 5.22. The van der Waals surface area contributed by atoms with Gasteiger partial charge in [-0.2, -0.15) is 0 Å². The Hall–Kier alpha value is -1.62. The summed E-state index contributed by atoms with van der Waals surface area (Å²) < 4.78 is 5.10. The molecule has 2 aliphatic carbocycles. The Bertz CT molecular complexity index is 520. The fourth-order valence-corrected chi connectivity index (χ4v) is 3.71. The van der Waals surface area contributed by atoms with Gasteiger partial charge in [-0.3, -0.25) is 4.79 Å². The predicted octanol–water partition coefficient (Wildman–Crippen LogP) is 2.60. The van der Waals surface area contributed by atoms with Gasteiger partial charge in [0.1, 0.15) is 0 Å². The molecule has 126 valence electrons. The highest BCUT2D eigenvalue weighted by Gasteiger charge is 2.36. The number of methoxy groups -OCH3 is 1. The van der Waals surface area contributed by atoms with Crippen LogP contribution in [0.15, 0.2) is 18.3 Å². The minimum absolute atomic E-state index is 0.0637. The van der Waals surface area contributed by atoms with Crippen LogP contribution >= 0.6 is 0 Å². The Morgan fingerprint density at radius 2 is 2.04 bits per heavy atom. The number of aliphatic hydroxyl groups is 1. The first-order chi connectivity index (χ1) is 11.2. The number of carbonyl (C=O) groups excluding carboxylic acids is 1. The molecule has 5 nitrogen and oxygen atoms in total. The first-order valence-corrected chi connectivity index (χ1v) is 8.65. The van der Waals surface area contributed by atoms with E-state index in [0.717, 1.165) is 44.1 Å². The third kappa shape index (κ3) is 3.83. The molecule has 1 amide bonds. The van der Waals surface area contributed by atoms with Crippen molar-refractivity contribution in [3.05, 3.63) is 23.9 Å². The summed E-state index contributed by atoms with van der Waals surface area (Å²) in [6.07, 6.45) is 8.53. The number of nitrogens with zero attached hydrogens (tertiary/aromatic N) is 1. The smallest absolute Gasteiger partial charge is 0.223 e. The van der Waals surface area contributed by atoms with Crippen molar-refractivity contribution in [1.82, 2.24) is 10.3 Å². The average molecular weight is 318 g/mol. The van der Waals surface area contributed by atoms with Gasteiger partial charge >= 0.3 is 0 Å². The largest absolute Gasteiger partial charge is 0.481 e. The molecule has 3 rings (SSSR count). The summed E-state index contributed by atoms with van der Waals surface area (Å²) in [6.45, 7) is 0. The molecule has 0 aliphatic heterocycles. The van der Waals surface area contributed by atoms with E-state index in [2.05, 4.69) is 10.3 Å². The van der Waals surface area contributed by atoms with Crippen molar-refractivity contribution in [1.29, 1.82) is 0 Å². The summed E-state index contributed by atoms with van der Waals surface area (Å²) in [5, 5.41) is 12.9. The predicted molar refractivity (Wildman–Crippen MR) is 87.0 cm³/mol. The maximum atomic E-state index is 12.6. The van der Waals surface area contributed by atoms with E-state index in [0.29, 0.717) is 5.88 Å². The number of aromatic nitrogens is 1. The van der Waals surface area contributed by atoms with Gasteiger partial charge in [0.25, 0.3) is 0 Å².